The Labute approximate surface area is 177 Å². The molecule has 0 N–H and O–H groups in total. The van der Waals surface area contributed by atoms with Gasteiger partial charge in [0.1, 0.15) is 0 Å². The van der Waals surface area contributed by atoms with E-state index in [0.717, 1.165) is 39.0 Å². The second-order valence-corrected chi connectivity index (χ2v) is 8.67. The fourth-order valence-electron chi connectivity index (χ4n) is 3.03. The van der Waals surface area contributed by atoms with Crippen molar-refractivity contribution in [2.75, 3.05) is 14.2 Å². The number of hydrogen-bond acceptors (Lipinski definition) is 4. The molecule has 0 saturated carbocycles. The molecule has 0 aliphatic carbocycles. The monoisotopic (exact) mass is 452 g/mol. The number of hydrogen-bond donors (Lipinski definition) is 0. The standard InChI is InChI=1S/C21H19F3N2O4S/c1-13-5-8-16(9-6-13)31(28,29)26-12-18(14(2)20(27)25(3)30-4)17-10-7-15(11-19(17)26)21(22,23)24/h5-12H,2H2,1,3-4H3. The zero-order chi connectivity index (χ0) is 23.1. The number of hydroxylamine groups is 2. The van der Waals surface area contributed by atoms with Gasteiger partial charge in [-0.05, 0) is 31.2 Å². The molecule has 0 atom stereocenters. The third-order valence-corrected chi connectivity index (χ3v) is 6.51. The molecule has 1 aromatic heterocycles. The molecule has 3 rings (SSSR count). The van der Waals surface area contributed by atoms with Crippen molar-refractivity contribution in [3.63, 3.8) is 0 Å². The molecule has 1 heterocycles. The number of nitrogens with zero attached hydrogens (tertiary/aromatic N) is 2. The van der Waals surface area contributed by atoms with E-state index in [2.05, 4.69) is 6.58 Å². The van der Waals surface area contributed by atoms with Crippen molar-refractivity contribution < 1.29 is 31.2 Å². The lowest BCUT2D eigenvalue weighted by Crippen LogP contribution is -2.25. The summed E-state index contributed by atoms with van der Waals surface area (Å²) in [5.41, 5.74) is -0.478. The minimum atomic E-state index is -4.68. The Balaban J connectivity index is 2.30. The van der Waals surface area contributed by atoms with Gasteiger partial charge in [0, 0.05) is 29.8 Å². The van der Waals surface area contributed by atoms with Crippen molar-refractivity contribution in [3.8, 4) is 0 Å². The predicted octanol–water partition coefficient (Wildman–Crippen LogP) is 4.24. The summed E-state index contributed by atoms with van der Waals surface area (Å²) in [6.45, 7) is 5.47. The van der Waals surface area contributed by atoms with Crippen LogP contribution in [-0.2, 0) is 25.8 Å². The maximum atomic E-state index is 13.3. The van der Waals surface area contributed by atoms with Crippen LogP contribution in [0, 0.1) is 6.92 Å². The molecule has 3 aromatic rings. The van der Waals surface area contributed by atoms with Crippen molar-refractivity contribution >= 4 is 32.4 Å². The number of fused-ring (bicyclic) bond motifs is 1. The molecule has 0 saturated heterocycles. The van der Waals surface area contributed by atoms with Gasteiger partial charge in [-0.2, -0.15) is 13.2 Å². The Morgan fingerprint density at radius 3 is 2.29 bits per heavy atom. The van der Waals surface area contributed by atoms with Crippen LogP contribution in [0.1, 0.15) is 16.7 Å². The summed E-state index contributed by atoms with van der Waals surface area (Å²) >= 11 is 0. The third-order valence-electron chi connectivity index (χ3n) is 4.82. The Kier molecular flexibility index (Phi) is 5.72. The average molecular weight is 452 g/mol. The van der Waals surface area contributed by atoms with Gasteiger partial charge in [0.15, 0.2) is 0 Å². The van der Waals surface area contributed by atoms with Gasteiger partial charge < -0.3 is 0 Å². The lowest BCUT2D eigenvalue weighted by atomic mass is 10.0. The fourth-order valence-corrected chi connectivity index (χ4v) is 4.39. The van der Waals surface area contributed by atoms with Crippen molar-refractivity contribution in [2.45, 2.75) is 18.0 Å². The molecule has 31 heavy (non-hydrogen) atoms. The van der Waals surface area contributed by atoms with E-state index in [1.165, 1.54) is 26.3 Å². The minimum Gasteiger partial charge on any atom is -0.274 e. The van der Waals surface area contributed by atoms with Gasteiger partial charge in [-0.3, -0.25) is 9.63 Å². The first-order chi connectivity index (χ1) is 14.4. The molecule has 0 spiro atoms. The highest BCUT2D eigenvalue weighted by atomic mass is 32.2. The van der Waals surface area contributed by atoms with Crippen molar-refractivity contribution in [1.82, 2.24) is 9.04 Å². The number of likely N-dealkylation sites (N-methyl/N-ethyl adjacent to an activating group) is 1. The molecule has 0 aliphatic heterocycles. The third kappa shape index (κ3) is 4.08. The number of benzene rings is 2. The highest BCUT2D eigenvalue weighted by Crippen LogP contribution is 2.36. The van der Waals surface area contributed by atoms with Gasteiger partial charge >= 0.3 is 6.18 Å². The molecule has 0 unspecified atom stereocenters. The van der Waals surface area contributed by atoms with Crippen molar-refractivity contribution in [3.05, 3.63) is 71.9 Å². The van der Waals surface area contributed by atoms with E-state index in [9.17, 15) is 26.4 Å². The van der Waals surface area contributed by atoms with Crippen LogP contribution in [0.5, 0.6) is 0 Å². The Morgan fingerprint density at radius 1 is 1.13 bits per heavy atom. The van der Waals surface area contributed by atoms with E-state index in [0.29, 0.717) is 0 Å². The lowest BCUT2D eigenvalue weighted by molar-refractivity contribution is -0.161. The SMILES string of the molecule is C=C(C(=O)N(C)OC)c1cn(S(=O)(=O)c2ccc(C)cc2)c2cc(C(F)(F)F)ccc12. The zero-order valence-electron chi connectivity index (χ0n) is 16.9. The average Bonchev–Trinajstić information content (AvgIpc) is 3.11. The maximum absolute atomic E-state index is 13.3. The maximum Gasteiger partial charge on any atom is 0.416 e. The molecule has 0 aliphatic rings. The summed E-state index contributed by atoms with van der Waals surface area (Å²) < 4.78 is 67.1. The number of aryl methyl sites for hydroxylation is 1. The molecule has 0 fully saturated rings. The van der Waals surface area contributed by atoms with E-state index in [4.69, 9.17) is 4.84 Å². The number of alkyl halides is 3. The number of rotatable bonds is 5. The first-order valence-corrected chi connectivity index (χ1v) is 10.4. The van der Waals surface area contributed by atoms with E-state index in [-0.39, 0.29) is 26.9 Å². The molecule has 6 nitrogen and oxygen atoms in total. The van der Waals surface area contributed by atoms with Crippen molar-refractivity contribution in [1.29, 1.82) is 0 Å². The smallest absolute Gasteiger partial charge is 0.274 e. The van der Waals surface area contributed by atoms with Crippen LogP contribution >= 0.6 is 0 Å². The van der Waals surface area contributed by atoms with Crippen LogP contribution in [-0.4, -0.2) is 37.5 Å². The summed E-state index contributed by atoms with van der Waals surface area (Å²) in [5.74, 6) is -0.672. The fraction of sp³-hybridized carbons (Fsp3) is 0.190. The second kappa shape index (κ2) is 7.86. The van der Waals surface area contributed by atoms with E-state index < -0.39 is 27.7 Å². The molecule has 0 radical (unpaired) electrons. The van der Waals surface area contributed by atoms with Gasteiger partial charge in [-0.25, -0.2) is 17.5 Å². The quantitative estimate of drug-likeness (QED) is 0.429. The van der Waals surface area contributed by atoms with E-state index >= 15 is 0 Å². The van der Waals surface area contributed by atoms with E-state index in [1.54, 1.807) is 19.1 Å². The van der Waals surface area contributed by atoms with Gasteiger partial charge in [0.05, 0.1) is 23.1 Å². The summed E-state index contributed by atoms with van der Waals surface area (Å²) in [6.07, 6.45) is -3.58. The topological polar surface area (TPSA) is 68.6 Å². The number of aromatic nitrogens is 1. The van der Waals surface area contributed by atoms with Gasteiger partial charge in [0.2, 0.25) is 0 Å². The molecule has 1 amide bonds. The number of carbonyl (C=O) groups excluding carboxylic acids is 1. The summed E-state index contributed by atoms with van der Waals surface area (Å²) in [5, 5.41) is 1.01. The van der Waals surface area contributed by atoms with Crippen LogP contribution in [0.3, 0.4) is 0 Å². The molecule has 164 valence electrons. The molecular formula is C21H19F3N2O4S. The van der Waals surface area contributed by atoms with Crippen LogP contribution in [0.15, 0.2) is 60.1 Å². The molecule has 10 heteroatoms. The minimum absolute atomic E-state index is 0.0771. The second-order valence-electron chi connectivity index (χ2n) is 6.85. The van der Waals surface area contributed by atoms with Crippen LogP contribution < -0.4 is 0 Å². The lowest BCUT2D eigenvalue weighted by Gasteiger charge is -2.14. The highest BCUT2D eigenvalue weighted by Gasteiger charge is 2.32. The summed E-state index contributed by atoms with van der Waals surface area (Å²) in [6, 6.07) is 8.58. The van der Waals surface area contributed by atoms with E-state index in [1.807, 2.05) is 0 Å². The van der Waals surface area contributed by atoms with Crippen molar-refractivity contribution in [2.24, 2.45) is 0 Å². The van der Waals surface area contributed by atoms with Crippen LogP contribution in [0.4, 0.5) is 13.2 Å². The largest absolute Gasteiger partial charge is 0.416 e. The Bertz CT molecular complexity index is 1280. The highest BCUT2D eigenvalue weighted by molar-refractivity contribution is 7.90. The molecule has 0 bridgehead atoms. The summed E-state index contributed by atoms with van der Waals surface area (Å²) in [7, 11) is -1.67. The Morgan fingerprint density at radius 2 is 1.74 bits per heavy atom. The number of halogens is 3. The van der Waals surface area contributed by atoms with Crippen LogP contribution in [0.25, 0.3) is 16.5 Å². The summed E-state index contributed by atoms with van der Waals surface area (Å²) in [4.78, 5) is 17.2. The zero-order valence-corrected chi connectivity index (χ0v) is 17.7. The number of amides is 1. The van der Waals surface area contributed by atoms with Gasteiger partial charge in [0.25, 0.3) is 15.9 Å². The van der Waals surface area contributed by atoms with Gasteiger partial charge in [-0.15, -0.1) is 0 Å². The molecular weight excluding hydrogens is 433 g/mol. The first kappa shape index (κ1) is 22.6. The normalized spacial score (nSPS) is 12.2. The van der Waals surface area contributed by atoms with Gasteiger partial charge in [-0.1, -0.05) is 30.3 Å². The first-order valence-electron chi connectivity index (χ1n) is 8.94. The Hall–Kier alpha value is -3.11. The van der Waals surface area contributed by atoms with Crippen LogP contribution in [0.2, 0.25) is 0 Å². The molecule has 2 aromatic carbocycles. The number of carbonyl (C=O) groups is 1. The predicted molar refractivity (Wildman–Crippen MR) is 110 cm³/mol.